The van der Waals surface area contributed by atoms with Crippen LogP contribution in [-0.2, 0) is 9.47 Å². The SMILES string of the molecule is COC(=O)NN=Cc1cc(C=NNC(=O)OC)c(O)c(OC)c1. The van der Waals surface area contributed by atoms with E-state index >= 15 is 0 Å². The van der Waals surface area contributed by atoms with Crippen molar-refractivity contribution in [2.75, 3.05) is 21.3 Å². The summed E-state index contributed by atoms with van der Waals surface area (Å²) in [6, 6.07) is 2.99. The van der Waals surface area contributed by atoms with E-state index in [-0.39, 0.29) is 17.1 Å². The molecule has 0 aliphatic carbocycles. The molecular weight excluding hydrogens is 308 g/mol. The zero-order chi connectivity index (χ0) is 17.2. The van der Waals surface area contributed by atoms with Crippen LogP contribution >= 0.6 is 0 Å². The first kappa shape index (κ1) is 17.8. The summed E-state index contributed by atoms with van der Waals surface area (Å²) in [7, 11) is 3.77. The predicted molar refractivity (Wildman–Crippen MR) is 80.9 cm³/mol. The van der Waals surface area contributed by atoms with Gasteiger partial charge in [0.2, 0.25) is 0 Å². The summed E-state index contributed by atoms with van der Waals surface area (Å²) in [4.78, 5) is 21.8. The number of hydrazone groups is 2. The molecule has 1 aromatic carbocycles. The smallest absolute Gasteiger partial charge is 0.427 e. The number of benzene rings is 1. The quantitative estimate of drug-likeness (QED) is 0.542. The summed E-state index contributed by atoms with van der Waals surface area (Å²) >= 11 is 0. The van der Waals surface area contributed by atoms with Gasteiger partial charge in [0.15, 0.2) is 11.5 Å². The van der Waals surface area contributed by atoms with Gasteiger partial charge in [0, 0.05) is 5.56 Å². The highest BCUT2D eigenvalue weighted by Gasteiger charge is 2.09. The molecule has 10 nitrogen and oxygen atoms in total. The van der Waals surface area contributed by atoms with E-state index in [1.807, 2.05) is 0 Å². The van der Waals surface area contributed by atoms with E-state index in [9.17, 15) is 14.7 Å². The van der Waals surface area contributed by atoms with Gasteiger partial charge in [-0.1, -0.05) is 0 Å². The highest BCUT2D eigenvalue weighted by atomic mass is 16.5. The normalized spacial score (nSPS) is 10.6. The van der Waals surface area contributed by atoms with Crippen LogP contribution in [0.15, 0.2) is 22.3 Å². The average Bonchev–Trinajstić information content (AvgIpc) is 2.56. The van der Waals surface area contributed by atoms with Gasteiger partial charge in [-0.25, -0.2) is 20.4 Å². The van der Waals surface area contributed by atoms with Crippen LogP contribution in [0.3, 0.4) is 0 Å². The van der Waals surface area contributed by atoms with Gasteiger partial charge in [-0.05, 0) is 17.7 Å². The number of carbonyl (C=O) groups is 2. The fraction of sp³-hybridized carbons (Fsp3) is 0.231. The molecule has 0 radical (unpaired) electrons. The van der Waals surface area contributed by atoms with Crippen molar-refractivity contribution < 1.29 is 28.9 Å². The number of aromatic hydroxyl groups is 1. The summed E-state index contributed by atoms with van der Waals surface area (Å²) in [5.74, 6) is -0.0208. The van der Waals surface area contributed by atoms with Crippen molar-refractivity contribution in [3.05, 3.63) is 23.3 Å². The topological polar surface area (TPSA) is 131 Å². The highest BCUT2D eigenvalue weighted by molar-refractivity contribution is 5.91. The third kappa shape index (κ3) is 5.53. The Morgan fingerprint density at radius 2 is 1.61 bits per heavy atom. The van der Waals surface area contributed by atoms with Crippen LogP contribution in [0.4, 0.5) is 9.59 Å². The lowest BCUT2D eigenvalue weighted by Gasteiger charge is -2.07. The molecule has 10 heteroatoms. The van der Waals surface area contributed by atoms with E-state index in [4.69, 9.17) is 4.74 Å². The summed E-state index contributed by atoms with van der Waals surface area (Å²) in [5.41, 5.74) is 4.94. The van der Waals surface area contributed by atoms with Crippen LogP contribution in [0.25, 0.3) is 0 Å². The molecule has 0 fully saturated rings. The number of ether oxygens (including phenoxy) is 3. The van der Waals surface area contributed by atoms with Crippen molar-refractivity contribution >= 4 is 24.6 Å². The van der Waals surface area contributed by atoms with Gasteiger partial charge >= 0.3 is 12.2 Å². The van der Waals surface area contributed by atoms with E-state index in [1.165, 1.54) is 45.9 Å². The van der Waals surface area contributed by atoms with Crippen LogP contribution < -0.4 is 15.6 Å². The fourth-order valence-corrected chi connectivity index (χ4v) is 1.39. The molecule has 1 aromatic rings. The van der Waals surface area contributed by atoms with E-state index in [0.29, 0.717) is 5.56 Å². The lowest BCUT2D eigenvalue weighted by atomic mass is 10.1. The number of phenolic OH excluding ortho intramolecular Hbond substituents is 1. The first-order valence-electron chi connectivity index (χ1n) is 6.16. The third-order valence-electron chi connectivity index (χ3n) is 2.45. The largest absolute Gasteiger partial charge is 0.504 e. The Labute approximate surface area is 131 Å². The lowest BCUT2D eigenvalue weighted by Crippen LogP contribution is -2.17. The van der Waals surface area contributed by atoms with Gasteiger partial charge in [0.25, 0.3) is 0 Å². The van der Waals surface area contributed by atoms with Crippen molar-refractivity contribution in [3.63, 3.8) is 0 Å². The summed E-state index contributed by atoms with van der Waals surface area (Å²) in [5, 5.41) is 17.3. The van der Waals surface area contributed by atoms with Crippen LogP contribution in [0.2, 0.25) is 0 Å². The lowest BCUT2D eigenvalue weighted by molar-refractivity contribution is 0.170. The molecule has 0 aliphatic rings. The number of nitrogens with one attached hydrogen (secondary N) is 2. The summed E-state index contributed by atoms with van der Waals surface area (Å²) < 4.78 is 13.7. The van der Waals surface area contributed by atoms with Gasteiger partial charge in [0.05, 0.1) is 33.8 Å². The first-order valence-corrected chi connectivity index (χ1v) is 6.16. The second kappa shape index (κ2) is 8.87. The summed E-state index contributed by atoms with van der Waals surface area (Å²) in [6.07, 6.45) is 1.02. The number of methoxy groups -OCH3 is 3. The fourth-order valence-electron chi connectivity index (χ4n) is 1.39. The zero-order valence-electron chi connectivity index (χ0n) is 12.7. The molecule has 0 spiro atoms. The van der Waals surface area contributed by atoms with Gasteiger partial charge in [-0.15, -0.1) is 0 Å². The third-order valence-corrected chi connectivity index (χ3v) is 2.45. The first-order chi connectivity index (χ1) is 11.0. The minimum Gasteiger partial charge on any atom is -0.504 e. The van der Waals surface area contributed by atoms with Crippen molar-refractivity contribution in [2.45, 2.75) is 0 Å². The Kier molecular flexibility index (Phi) is 6.85. The molecule has 0 unspecified atom stereocenters. The van der Waals surface area contributed by atoms with Crippen molar-refractivity contribution in [1.82, 2.24) is 10.9 Å². The number of carbonyl (C=O) groups excluding carboxylic acids is 2. The zero-order valence-corrected chi connectivity index (χ0v) is 12.7. The maximum absolute atomic E-state index is 10.9. The number of hydrogen-bond donors (Lipinski definition) is 3. The monoisotopic (exact) mass is 324 g/mol. The van der Waals surface area contributed by atoms with Crippen LogP contribution in [0.1, 0.15) is 11.1 Å². The van der Waals surface area contributed by atoms with Gasteiger partial charge in [0.1, 0.15) is 0 Å². The van der Waals surface area contributed by atoms with Crippen molar-refractivity contribution in [3.8, 4) is 11.5 Å². The molecule has 0 atom stereocenters. The van der Waals surface area contributed by atoms with Gasteiger partial charge in [-0.3, -0.25) is 0 Å². The van der Waals surface area contributed by atoms with Crippen LogP contribution in [0.5, 0.6) is 11.5 Å². The minimum atomic E-state index is -0.757. The molecule has 0 aliphatic heterocycles. The van der Waals surface area contributed by atoms with Crippen LogP contribution in [0, 0.1) is 0 Å². The Morgan fingerprint density at radius 1 is 1.04 bits per heavy atom. The van der Waals surface area contributed by atoms with Gasteiger partial charge < -0.3 is 19.3 Å². The van der Waals surface area contributed by atoms with E-state index in [1.54, 1.807) is 0 Å². The molecule has 2 amide bonds. The number of phenols is 1. The van der Waals surface area contributed by atoms with Crippen molar-refractivity contribution in [2.24, 2.45) is 10.2 Å². The highest BCUT2D eigenvalue weighted by Crippen LogP contribution is 2.29. The second-order valence-corrected chi connectivity index (χ2v) is 3.88. The molecule has 124 valence electrons. The molecule has 0 bridgehead atoms. The minimum absolute atomic E-state index is 0.159. The average molecular weight is 324 g/mol. The number of rotatable bonds is 5. The molecule has 0 heterocycles. The molecule has 0 saturated heterocycles. The molecule has 3 N–H and O–H groups in total. The Bertz CT molecular complexity index is 629. The molecular formula is C13H16N4O6. The van der Waals surface area contributed by atoms with Gasteiger partial charge in [-0.2, -0.15) is 10.2 Å². The Balaban J connectivity index is 2.98. The molecule has 0 aromatic heterocycles. The molecule has 1 rings (SSSR count). The maximum Gasteiger partial charge on any atom is 0.427 e. The van der Waals surface area contributed by atoms with E-state index < -0.39 is 12.2 Å². The summed E-state index contributed by atoms with van der Waals surface area (Å²) in [6.45, 7) is 0. The van der Waals surface area contributed by atoms with Crippen LogP contribution in [-0.4, -0.2) is 51.1 Å². The standard InChI is InChI=1S/C13H16N4O6/c1-21-10-5-8(6-14-16-12(19)22-2)4-9(11(10)18)7-15-17-13(20)23-3/h4-7,18H,1-3H3,(H,16,19)(H,17,20). The number of amides is 2. The second-order valence-electron chi connectivity index (χ2n) is 3.88. The Morgan fingerprint density at radius 3 is 2.13 bits per heavy atom. The van der Waals surface area contributed by atoms with E-state index in [2.05, 4.69) is 30.5 Å². The number of nitrogens with zero attached hydrogens (tertiary/aromatic N) is 2. The van der Waals surface area contributed by atoms with E-state index in [0.717, 1.165) is 0 Å². The number of hydrogen-bond acceptors (Lipinski definition) is 8. The maximum atomic E-state index is 10.9. The van der Waals surface area contributed by atoms with Crippen molar-refractivity contribution in [1.29, 1.82) is 0 Å². The molecule has 23 heavy (non-hydrogen) atoms. The Hall–Kier alpha value is -3.30. The molecule has 0 saturated carbocycles. The predicted octanol–water partition coefficient (Wildman–Crippen LogP) is 0.781.